The molecule has 1 aliphatic rings. The first-order valence-electron chi connectivity index (χ1n) is 8.31. The van der Waals surface area contributed by atoms with Gasteiger partial charge < -0.3 is 14.6 Å². The number of halogens is 1. The van der Waals surface area contributed by atoms with E-state index in [2.05, 4.69) is 5.32 Å². The topological polar surface area (TPSA) is 67.8 Å². The van der Waals surface area contributed by atoms with E-state index in [0.717, 1.165) is 11.1 Å². The Morgan fingerprint density at radius 1 is 1.27 bits per heavy atom. The van der Waals surface area contributed by atoms with E-state index >= 15 is 0 Å². The lowest BCUT2D eigenvalue weighted by Crippen LogP contribution is -2.33. The van der Waals surface area contributed by atoms with Gasteiger partial charge in [0.05, 0.1) is 12.0 Å². The Hall–Kier alpha value is -1.89. The number of aliphatic carboxylic acids is 1. The summed E-state index contributed by atoms with van der Waals surface area (Å²) in [5, 5.41) is 12.8. The summed E-state index contributed by atoms with van der Waals surface area (Å²) in [6, 6.07) is 12.7. The number of rotatable bonds is 7. The summed E-state index contributed by atoms with van der Waals surface area (Å²) in [6.45, 7) is 2.81. The molecule has 3 rings (SSSR count). The summed E-state index contributed by atoms with van der Waals surface area (Å²) in [5.41, 5.74) is 1.94. The van der Waals surface area contributed by atoms with Gasteiger partial charge in [-0.05, 0) is 42.3 Å². The molecule has 0 spiro atoms. The highest BCUT2D eigenvalue weighted by molar-refractivity contribution is 7.99. The number of nitrogens with one attached hydrogen (secondary N) is 1. The van der Waals surface area contributed by atoms with Crippen LogP contribution in [0.1, 0.15) is 23.4 Å². The molecule has 2 aromatic rings. The van der Waals surface area contributed by atoms with Gasteiger partial charge in [-0.2, -0.15) is 0 Å². The third kappa shape index (κ3) is 4.63. The van der Waals surface area contributed by atoms with Crippen molar-refractivity contribution in [2.45, 2.75) is 24.9 Å². The Morgan fingerprint density at radius 3 is 2.81 bits per heavy atom. The summed E-state index contributed by atoms with van der Waals surface area (Å²) in [4.78, 5) is 11.1. The largest absolute Gasteiger partial charge is 0.490 e. The quantitative estimate of drug-likeness (QED) is 0.738. The normalized spacial score (nSPS) is 19.3. The molecule has 0 radical (unpaired) electrons. The molecule has 0 aliphatic carbocycles. The fourth-order valence-corrected chi connectivity index (χ4v) is 4.11. The number of thioether (sulfide) groups is 1. The Morgan fingerprint density at radius 2 is 2.12 bits per heavy atom. The predicted octanol–water partition coefficient (Wildman–Crippen LogP) is 4.11. The Balaban J connectivity index is 1.73. The molecule has 138 valence electrons. The van der Waals surface area contributed by atoms with Crippen LogP contribution in [0.3, 0.4) is 0 Å². The van der Waals surface area contributed by atoms with Crippen LogP contribution in [0.5, 0.6) is 11.5 Å². The number of carboxylic acid groups (broad SMARTS) is 1. The van der Waals surface area contributed by atoms with Crippen LogP contribution in [0.2, 0.25) is 5.02 Å². The van der Waals surface area contributed by atoms with Crippen molar-refractivity contribution in [3.8, 4) is 11.5 Å². The third-order valence-corrected chi connectivity index (χ3v) is 5.44. The molecule has 5 nitrogen and oxygen atoms in total. The van der Waals surface area contributed by atoms with Gasteiger partial charge in [-0.1, -0.05) is 29.8 Å². The number of ether oxygens (including phenoxy) is 2. The zero-order valence-corrected chi connectivity index (χ0v) is 15.8. The first-order chi connectivity index (χ1) is 12.6. The maximum atomic E-state index is 11.1. The van der Waals surface area contributed by atoms with Gasteiger partial charge in [-0.3, -0.25) is 10.1 Å². The van der Waals surface area contributed by atoms with Crippen LogP contribution < -0.4 is 14.8 Å². The van der Waals surface area contributed by atoms with Gasteiger partial charge in [-0.15, -0.1) is 11.8 Å². The van der Waals surface area contributed by atoms with Gasteiger partial charge in [0.1, 0.15) is 12.6 Å². The van der Waals surface area contributed by atoms with E-state index in [4.69, 9.17) is 26.2 Å². The van der Waals surface area contributed by atoms with Gasteiger partial charge in [0.15, 0.2) is 11.5 Å². The number of benzene rings is 2. The Kier molecular flexibility index (Phi) is 6.29. The second kappa shape index (κ2) is 8.66. The highest BCUT2D eigenvalue weighted by atomic mass is 35.5. The lowest BCUT2D eigenvalue weighted by molar-refractivity contribution is -0.138. The fourth-order valence-electron chi connectivity index (χ4n) is 2.67. The SMILES string of the molecule is CCOc1cc(C2NC(C(=O)O)CS2)ccc1OCc1cccc(Cl)c1. The Bertz CT molecular complexity index is 786. The number of hydrogen-bond donors (Lipinski definition) is 2. The molecule has 0 saturated carbocycles. The zero-order valence-electron chi connectivity index (χ0n) is 14.3. The van der Waals surface area contributed by atoms with Gasteiger partial charge in [0.2, 0.25) is 0 Å². The third-order valence-electron chi connectivity index (χ3n) is 3.93. The molecule has 2 unspecified atom stereocenters. The first-order valence-corrected chi connectivity index (χ1v) is 9.74. The smallest absolute Gasteiger partial charge is 0.321 e. The van der Waals surface area contributed by atoms with Crippen LogP contribution in [-0.2, 0) is 11.4 Å². The lowest BCUT2D eigenvalue weighted by Gasteiger charge is -2.16. The van der Waals surface area contributed by atoms with Gasteiger partial charge in [-0.25, -0.2) is 0 Å². The summed E-state index contributed by atoms with van der Waals surface area (Å²) in [7, 11) is 0. The van der Waals surface area contributed by atoms with E-state index in [9.17, 15) is 4.79 Å². The van der Waals surface area contributed by atoms with Crippen LogP contribution in [0.25, 0.3) is 0 Å². The van der Waals surface area contributed by atoms with Crippen molar-refractivity contribution in [2.75, 3.05) is 12.4 Å². The van der Waals surface area contributed by atoms with Crippen LogP contribution in [0.15, 0.2) is 42.5 Å². The predicted molar refractivity (Wildman–Crippen MR) is 103 cm³/mol. The molecule has 2 atom stereocenters. The summed E-state index contributed by atoms with van der Waals surface area (Å²) in [6.07, 6.45) is 0. The number of carbonyl (C=O) groups is 1. The molecule has 7 heteroatoms. The highest BCUT2D eigenvalue weighted by Gasteiger charge is 2.30. The van der Waals surface area contributed by atoms with E-state index < -0.39 is 12.0 Å². The minimum atomic E-state index is -0.827. The van der Waals surface area contributed by atoms with E-state index in [1.807, 2.05) is 49.4 Å². The lowest BCUT2D eigenvalue weighted by atomic mass is 10.2. The summed E-state index contributed by atoms with van der Waals surface area (Å²) >= 11 is 7.58. The molecular weight excluding hydrogens is 374 g/mol. The minimum Gasteiger partial charge on any atom is -0.490 e. The summed E-state index contributed by atoms with van der Waals surface area (Å²) < 4.78 is 11.6. The van der Waals surface area contributed by atoms with Crippen molar-refractivity contribution in [1.29, 1.82) is 0 Å². The Labute approximate surface area is 161 Å². The van der Waals surface area contributed by atoms with Crippen molar-refractivity contribution in [3.05, 3.63) is 58.6 Å². The van der Waals surface area contributed by atoms with Crippen LogP contribution in [0.4, 0.5) is 0 Å². The van der Waals surface area contributed by atoms with Crippen molar-refractivity contribution in [2.24, 2.45) is 0 Å². The van der Waals surface area contributed by atoms with Crippen molar-refractivity contribution >= 4 is 29.3 Å². The molecule has 2 aromatic carbocycles. The molecule has 0 aromatic heterocycles. The second-order valence-electron chi connectivity index (χ2n) is 5.83. The minimum absolute atomic E-state index is 0.0720. The average Bonchev–Trinajstić information content (AvgIpc) is 3.11. The maximum Gasteiger partial charge on any atom is 0.321 e. The van der Waals surface area contributed by atoms with Gasteiger partial charge >= 0.3 is 5.97 Å². The van der Waals surface area contributed by atoms with Gasteiger partial charge in [0.25, 0.3) is 0 Å². The maximum absolute atomic E-state index is 11.1. The standard InChI is InChI=1S/C19H20ClNO4S/c1-2-24-17-9-13(18-21-15(11-26-18)19(22)23)6-7-16(17)25-10-12-4-3-5-14(20)8-12/h3-9,15,18,21H,2,10-11H2,1H3,(H,22,23). The van der Waals surface area contributed by atoms with Gasteiger partial charge in [0, 0.05) is 10.8 Å². The van der Waals surface area contributed by atoms with Crippen molar-refractivity contribution < 1.29 is 19.4 Å². The van der Waals surface area contributed by atoms with Crippen LogP contribution >= 0.6 is 23.4 Å². The first kappa shape index (κ1) is 18.9. The van der Waals surface area contributed by atoms with Crippen LogP contribution in [0, 0.1) is 0 Å². The molecular formula is C19H20ClNO4S. The van der Waals surface area contributed by atoms with E-state index in [0.29, 0.717) is 35.5 Å². The number of hydrogen-bond acceptors (Lipinski definition) is 5. The molecule has 1 saturated heterocycles. The molecule has 1 aliphatic heterocycles. The van der Waals surface area contributed by atoms with E-state index in [1.54, 1.807) is 11.8 Å². The second-order valence-corrected chi connectivity index (χ2v) is 7.40. The van der Waals surface area contributed by atoms with Crippen molar-refractivity contribution in [3.63, 3.8) is 0 Å². The molecule has 2 N–H and O–H groups in total. The molecule has 0 amide bonds. The molecule has 0 bridgehead atoms. The number of carboxylic acids is 1. The van der Waals surface area contributed by atoms with Crippen LogP contribution in [-0.4, -0.2) is 29.5 Å². The molecule has 26 heavy (non-hydrogen) atoms. The molecule has 1 fully saturated rings. The summed E-state index contributed by atoms with van der Waals surface area (Å²) in [5.74, 6) is 1.00. The zero-order chi connectivity index (χ0) is 18.5. The highest BCUT2D eigenvalue weighted by Crippen LogP contribution is 2.37. The van der Waals surface area contributed by atoms with Crippen molar-refractivity contribution in [1.82, 2.24) is 5.32 Å². The molecule has 1 heterocycles. The fraction of sp³-hybridized carbons (Fsp3) is 0.316. The monoisotopic (exact) mass is 393 g/mol. The van der Waals surface area contributed by atoms with E-state index in [-0.39, 0.29) is 5.37 Å². The average molecular weight is 394 g/mol. The van der Waals surface area contributed by atoms with E-state index in [1.165, 1.54) is 0 Å².